The van der Waals surface area contributed by atoms with E-state index in [1.54, 1.807) is 90.3 Å². The molecule has 0 heterocycles. The third kappa shape index (κ3) is 9.66. The standard InChI is InChI=1S/C28H37NO8S/c1-27(2,25(31)36-18-16-29(5,6)17-19-38(33,34)35)20-28(3,4)26(32)37-23-14-12-22(13-15-23)24(30)21-10-8-7-9-11-21/h7-15H,16-20H2,1-6H3/p+1. The Balaban J connectivity index is 1.93. The molecule has 0 amide bonds. The summed E-state index contributed by atoms with van der Waals surface area (Å²) in [5.41, 5.74) is -0.988. The first-order valence-corrected chi connectivity index (χ1v) is 13.9. The molecule has 2 aromatic rings. The Bertz CT molecular complexity index is 1230. The van der Waals surface area contributed by atoms with E-state index in [9.17, 15) is 22.8 Å². The van der Waals surface area contributed by atoms with Crippen LogP contribution in [0.2, 0.25) is 0 Å². The summed E-state index contributed by atoms with van der Waals surface area (Å²) in [6.07, 6.45) is 0.156. The molecule has 0 aliphatic rings. The fraction of sp³-hybridized carbons (Fsp3) is 0.464. The highest BCUT2D eigenvalue weighted by molar-refractivity contribution is 7.85. The van der Waals surface area contributed by atoms with Gasteiger partial charge >= 0.3 is 11.9 Å². The number of hydrogen-bond donors (Lipinski definition) is 1. The Morgan fingerprint density at radius 1 is 0.816 bits per heavy atom. The molecule has 0 radical (unpaired) electrons. The van der Waals surface area contributed by atoms with Gasteiger partial charge in [0.25, 0.3) is 10.1 Å². The average molecular weight is 549 g/mol. The third-order valence-corrected chi connectivity index (χ3v) is 6.93. The molecule has 10 heteroatoms. The number of carbonyl (C=O) groups excluding carboxylic acids is 3. The first-order valence-electron chi connectivity index (χ1n) is 12.3. The molecule has 0 aromatic heterocycles. The zero-order chi connectivity index (χ0) is 28.8. The Labute approximate surface area is 225 Å². The van der Waals surface area contributed by atoms with Gasteiger partial charge in [-0.1, -0.05) is 30.3 Å². The molecular weight excluding hydrogens is 510 g/mol. The molecule has 0 atom stereocenters. The van der Waals surface area contributed by atoms with Crippen LogP contribution in [-0.2, 0) is 24.4 Å². The van der Waals surface area contributed by atoms with Gasteiger partial charge in [-0.3, -0.25) is 18.9 Å². The lowest BCUT2D eigenvalue weighted by Crippen LogP contribution is -2.46. The Morgan fingerprint density at radius 2 is 1.34 bits per heavy atom. The Kier molecular flexibility index (Phi) is 9.99. The number of nitrogens with zero attached hydrogens (tertiary/aromatic N) is 1. The van der Waals surface area contributed by atoms with E-state index >= 15 is 0 Å². The van der Waals surface area contributed by atoms with Crippen LogP contribution in [0.25, 0.3) is 0 Å². The molecule has 0 aliphatic heterocycles. The number of ether oxygens (including phenoxy) is 2. The van der Waals surface area contributed by atoms with Crippen LogP contribution in [0.4, 0.5) is 0 Å². The highest BCUT2D eigenvalue weighted by Crippen LogP contribution is 2.36. The van der Waals surface area contributed by atoms with Crippen molar-refractivity contribution in [2.45, 2.75) is 34.1 Å². The van der Waals surface area contributed by atoms with E-state index in [1.165, 1.54) is 0 Å². The summed E-state index contributed by atoms with van der Waals surface area (Å²) in [5, 5.41) is 0. The molecule has 208 valence electrons. The first kappa shape index (κ1) is 31.1. The molecule has 2 aromatic carbocycles. The number of likely N-dealkylation sites (N-methyl/N-ethyl adjacent to an activating group) is 1. The minimum atomic E-state index is -4.07. The lowest BCUT2D eigenvalue weighted by Gasteiger charge is -2.32. The zero-order valence-corrected chi connectivity index (χ0v) is 23.7. The topological polar surface area (TPSA) is 124 Å². The normalized spacial score (nSPS) is 12.6. The smallest absolute Gasteiger partial charge is 0.316 e. The van der Waals surface area contributed by atoms with Crippen molar-refractivity contribution >= 4 is 27.8 Å². The van der Waals surface area contributed by atoms with Gasteiger partial charge in [0.2, 0.25) is 0 Å². The molecule has 0 unspecified atom stereocenters. The number of benzene rings is 2. The lowest BCUT2D eigenvalue weighted by molar-refractivity contribution is -0.888. The average Bonchev–Trinajstić information content (AvgIpc) is 2.82. The molecule has 38 heavy (non-hydrogen) atoms. The second-order valence-corrected chi connectivity index (χ2v) is 12.9. The van der Waals surface area contributed by atoms with Crippen LogP contribution in [0.15, 0.2) is 54.6 Å². The maximum Gasteiger partial charge on any atom is 0.316 e. The van der Waals surface area contributed by atoms with Gasteiger partial charge in [0.05, 0.1) is 31.5 Å². The lowest BCUT2D eigenvalue weighted by atomic mass is 9.75. The highest BCUT2D eigenvalue weighted by atomic mass is 32.2. The number of rotatable bonds is 13. The molecule has 0 spiro atoms. The summed E-state index contributed by atoms with van der Waals surface area (Å²) in [7, 11) is -0.530. The molecule has 1 N–H and O–H groups in total. The van der Waals surface area contributed by atoms with Crippen LogP contribution in [0.5, 0.6) is 5.75 Å². The second kappa shape index (κ2) is 12.2. The van der Waals surface area contributed by atoms with E-state index < -0.39 is 32.9 Å². The fourth-order valence-electron chi connectivity index (χ4n) is 3.98. The van der Waals surface area contributed by atoms with E-state index in [-0.39, 0.29) is 41.3 Å². The van der Waals surface area contributed by atoms with Gasteiger partial charge in [-0.2, -0.15) is 8.42 Å². The monoisotopic (exact) mass is 548 g/mol. The maximum absolute atomic E-state index is 13.0. The van der Waals surface area contributed by atoms with Crippen LogP contribution in [0.3, 0.4) is 0 Å². The Hall–Kier alpha value is -3.08. The predicted octanol–water partition coefficient (Wildman–Crippen LogP) is 3.77. The van der Waals surface area contributed by atoms with Crippen molar-refractivity contribution in [3.63, 3.8) is 0 Å². The SMILES string of the molecule is CC(C)(CC(C)(C)C(=O)Oc1ccc(C(=O)c2ccccc2)cc1)C(=O)OCC[N+](C)(C)CCS(=O)(=O)O. The quantitative estimate of drug-likeness (QED) is 0.132. The second-order valence-electron chi connectivity index (χ2n) is 11.4. The molecule has 0 bridgehead atoms. The largest absolute Gasteiger partial charge is 0.459 e. The van der Waals surface area contributed by atoms with Crippen molar-refractivity contribution in [1.29, 1.82) is 0 Å². The summed E-state index contributed by atoms with van der Waals surface area (Å²) < 4.78 is 42.2. The van der Waals surface area contributed by atoms with Gasteiger partial charge in [-0.15, -0.1) is 0 Å². The van der Waals surface area contributed by atoms with Crippen molar-refractivity contribution in [1.82, 2.24) is 0 Å². The molecule has 0 fully saturated rings. The highest BCUT2D eigenvalue weighted by Gasteiger charge is 2.41. The van der Waals surface area contributed by atoms with Crippen molar-refractivity contribution in [3.8, 4) is 5.75 Å². The van der Waals surface area contributed by atoms with Crippen molar-refractivity contribution < 1.29 is 41.3 Å². The van der Waals surface area contributed by atoms with E-state index in [0.717, 1.165) is 0 Å². The number of carbonyl (C=O) groups is 3. The molecule has 9 nitrogen and oxygen atoms in total. The first-order chi connectivity index (χ1) is 17.4. The van der Waals surface area contributed by atoms with Crippen molar-refractivity contribution in [2.75, 3.05) is 39.5 Å². The van der Waals surface area contributed by atoms with Crippen molar-refractivity contribution in [3.05, 3.63) is 65.7 Å². The summed E-state index contributed by atoms with van der Waals surface area (Å²) in [4.78, 5) is 38.3. The van der Waals surface area contributed by atoms with Crippen molar-refractivity contribution in [2.24, 2.45) is 10.8 Å². The van der Waals surface area contributed by atoms with Gasteiger partial charge in [-0.05, 0) is 58.4 Å². The van der Waals surface area contributed by atoms with Crippen LogP contribution < -0.4 is 4.74 Å². The predicted molar refractivity (Wildman–Crippen MR) is 143 cm³/mol. The minimum Gasteiger partial charge on any atom is -0.459 e. The Morgan fingerprint density at radius 3 is 1.89 bits per heavy atom. The third-order valence-electron chi connectivity index (χ3n) is 6.24. The molecular formula is C28H38NO8S+. The number of ketones is 1. The van der Waals surface area contributed by atoms with Gasteiger partial charge < -0.3 is 14.0 Å². The van der Waals surface area contributed by atoms with Gasteiger partial charge in [0.15, 0.2) is 5.78 Å². The van der Waals surface area contributed by atoms with E-state index in [4.69, 9.17) is 14.0 Å². The minimum absolute atomic E-state index is 0.0552. The number of hydrogen-bond acceptors (Lipinski definition) is 7. The van der Waals surface area contributed by atoms with E-state index in [1.807, 2.05) is 6.07 Å². The van der Waals surface area contributed by atoms with Crippen LogP contribution in [0, 0.1) is 10.8 Å². The molecule has 0 saturated heterocycles. The van der Waals surface area contributed by atoms with Gasteiger partial charge in [0, 0.05) is 11.1 Å². The molecule has 0 aliphatic carbocycles. The fourth-order valence-corrected chi connectivity index (χ4v) is 4.71. The summed E-state index contributed by atoms with van der Waals surface area (Å²) in [6, 6.07) is 15.2. The maximum atomic E-state index is 13.0. The van der Waals surface area contributed by atoms with Gasteiger partial charge in [0.1, 0.15) is 24.7 Å². The zero-order valence-electron chi connectivity index (χ0n) is 22.9. The van der Waals surface area contributed by atoms with Crippen LogP contribution >= 0.6 is 0 Å². The number of esters is 2. The van der Waals surface area contributed by atoms with Crippen LogP contribution in [0.1, 0.15) is 50.0 Å². The number of quaternary nitrogens is 1. The summed E-state index contributed by atoms with van der Waals surface area (Å²) in [5.74, 6) is -1.25. The molecule has 2 rings (SSSR count). The molecule has 0 saturated carbocycles. The summed E-state index contributed by atoms with van der Waals surface area (Å²) >= 11 is 0. The van der Waals surface area contributed by atoms with E-state index in [2.05, 4.69) is 0 Å². The summed E-state index contributed by atoms with van der Waals surface area (Å²) in [6.45, 7) is 7.32. The van der Waals surface area contributed by atoms with Gasteiger partial charge in [-0.25, -0.2) is 0 Å². The van der Waals surface area contributed by atoms with Crippen LogP contribution in [-0.4, -0.2) is 74.7 Å². The van der Waals surface area contributed by atoms with E-state index in [0.29, 0.717) is 17.7 Å².